The Bertz CT molecular complexity index is 1230. The summed E-state index contributed by atoms with van der Waals surface area (Å²) in [7, 11) is 0. The molecule has 4 N–H and O–H groups in total. The van der Waals surface area contributed by atoms with Crippen LogP contribution < -0.4 is 26.2 Å². The molecule has 3 rings (SSSR count). The molecule has 17 heteroatoms. The summed E-state index contributed by atoms with van der Waals surface area (Å²) in [6.45, 7) is -1.82. The van der Waals surface area contributed by atoms with Crippen LogP contribution in [0.1, 0.15) is 15.2 Å². The molecule has 0 aliphatic carbocycles. The van der Waals surface area contributed by atoms with Crippen molar-refractivity contribution in [1.29, 1.82) is 0 Å². The Hall–Kier alpha value is -3.50. The quantitative estimate of drug-likeness (QED) is 0.330. The molecule has 0 bridgehead atoms. The van der Waals surface area contributed by atoms with Crippen molar-refractivity contribution in [3.63, 3.8) is 0 Å². The fourth-order valence-electron chi connectivity index (χ4n) is 3.36. The third-order valence-electron chi connectivity index (χ3n) is 5.17. The second kappa shape index (κ2) is 13.0. The number of morpholine rings is 1. The van der Waals surface area contributed by atoms with E-state index in [4.69, 9.17) is 16.3 Å². The molecule has 0 radical (unpaired) electrons. The zero-order valence-corrected chi connectivity index (χ0v) is 21.3. The first-order valence-corrected chi connectivity index (χ1v) is 12.3. The number of nitrogens with one attached hydrogen (secondary N) is 4. The van der Waals surface area contributed by atoms with Gasteiger partial charge in [-0.25, -0.2) is 13.6 Å². The lowest BCUT2D eigenvalue weighted by molar-refractivity contribution is -0.137. The highest BCUT2D eigenvalue weighted by Gasteiger charge is 2.36. The van der Waals surface area contributed by atoms with E-state index in [0.717, 1.165) is 22.3 Å². The first kappa shape index (κ1) is 30.0. The Morgan fingerprint density at radius 1 is 1.10 bits per heavy atom. The SMILES string of the molecule is O=C(NCC(F)F)N[C@@H](CNC(=O)c1ccc(Cl)s1)C(=O)Nc1ccc(N2CCOCC2=O)cc1C(F)(F)F. The average Bonchev–Trinajstić information content (AvgIpc) is 3.31. The first-order chi connectivity index (χ1) is 18.3. The van der Waals surface area contributed by atoms with Gasteiger partial charge in [0.1, 0.15) is 12.6 Å². The summed E-state index contributed by atoms with van der Waals surface area (Å²) in [6.07, 6.45) is -7.87. The van der Waals surface area contributed by atoms with Gasteiger partial charge in [-0.2, -0.15) is 13.2 Å². The number of nitrogens with zero attached hydrogens (tertiary/aromatic N) is 1. The van der Waals surface area contributed by atoms with Gasteiger partial charge in [0.2, 0.25) is 5.91 Å². The van der Waals surface area contributed by atoms with Gasteiger partial charge in [-0.05, 0) is 30.3 Å². The number of rotatable bonds is 9. The lowest BCUT2D eigenvalue weighted by atomic mass is 10.1. The number of thiophene rings is 1. The average molecular weight is 598 g/mol. The topological polar surface area (TPSA) is 129 Å². The van der Waals surface area contributed by atoms with Gasteiger partial charge < -0.3 is 30.9 Å². The number of alkyl halides is 5. The van der Waals surface area contributed by atoms with Gasteiger partial charge in [-0.15, -0.1) is 11.3 Å². The third-order valence-corrected chi connectivity index (χ3v) is 6.40. The Morgan fingerprint density at radius 2 is 1.85 bits per heavy atom. The summed E-state index contributed by atoms with van der Waals surface area (Å²) >= 11 is 6.70. The molecule has 2 heterocycles. The molecule has 1 saturated heterocycles. The maximum absolute atomic E-state index is 13.9. The molecule has 1 aliphatic heterocycles. The van der Waals surface area contributed by atoms with Crippen LogP contribution in [0.2, 0.25) is 4.34 Å². The molecular weight excluding hydrogens is 577 g/mol. The van der Waals surface area contributed by atoms with Gasteiger partial charge in [-0.3, -0.25) is 14.4 Å². The standard InChI is InChI=1S/C22H21ClF5N5O5S/c23-16-4-3-15(39-16)20(36)29-8-14(32-21(37)30-9-17(24)25)19(35)31-13-2-1-11(7-12(13)22(26,27)28)33-5-6-38-10-18(33)34/h1-4,7,14,17H,5-6,8-10H2,(H,29,36)(H,31,35)(H2,30,32,37)/t14-/m0/s1. The number of amides is 5. The van der Waals surface area contributed by atoms with Crippen LogP contribution in [0.3, 0.4) is 0 Å². The van der Waals surface area contributed by atoms with E-state index in [9.17, 15) is 41.1 Å². The zero-order valence-electron chi connectivity index (χ0n) is 19.7. The number of halogens is 6. The molecular formula is C22H21ClF5N5O5S. The monoisotopic (exact) mass is 597 g/mol. The number of anilines is 2. The predicted octanol–water partition coefficient (Wildman–Crippen LogP) is 3.08. The molecule has 0 unspecified atom stereocenters. The summed E-state index contributed by atoms with van der Waals surface area (Å²) in [5.41, 5.74) is -2.06. The highest BCUT2D eigenvalue weighted by molar-refractivity contribution is 7.18. The van der Waals surface area contributed by atoms with E-state index in [1.807, 2.05) is 5.32 Å². The molecule has 1 aliphatic rings. The Morgan fingerprint density at radius 3 is 2.46 bits per heavy atom. The minimum atomic E-state index is -4.96. The fraction of sp³-hybridized carbons (Fsp3) is 0.364. The molecule has 1 aromatic carbocycles. The number of carbonyl (C=O) groups excluding carboxylic acids is 4. The molecule has 10 nitrogen and oxygen atoms in total. The minimum Gasteiger partial charge on any atom is -0.370 e. The summed E-state index contributed by atoms with van der Waals surface area (Å²) in [6, 6.07) is 2.72. The normalized spacial score (nSPS) is 14.6. The van der Waals surface area contributed by atoms with Crippen molar-refractivity contribution >= 4 is 58.1 Å². The van der Waals surface area contributed by atoms with E-state index in [1.54, 1.807) is 5.32 Å². The smallest absolute Gasteiger partial charge is 0.370 e. The molecule has 5 amide bonds. The maximum atomic E-state index is 13.9. The highest BCUT2D eigenvalue weighted by Crippen LogP contribution is 2.37. The van der Waals surface area contributed by atoms with E-state index in [2.05, 4.69) is 10.6 Å². The van der Waals surface area contributed by atoms with Crippen LogP contribution in [0, 0.1) is 0 Å². The van der Waals surface area contributed by atoms with Crippen molar-refractivity contribution in [3.8, 4) is 0 Å². The number of urea groups is 1. The van der Waals surface area contributed by atoms with Crippen molar-refractivity contribution in [2.45, 2.75) is 18.6 Å². The third kappa shape index (κ3) is 8.49. The largest absolute Gasteiger partial charge is 0.418 e. The molecule has 212 valence electrons. The summed E-state index contributed by atoms with van der Waals surface area (Å²) in [4.78, 5) is 50.6. The second-order valence-corrected chi connectivity index (χ2v) is 9.64. The Balaban J connectivity index is 1.81. The second-order valence-electron chi connectivity index (χ2n) is 7.93. The van der Waals surface area contributed by atoms with Crippen LogP contribution in [-0.2, 0) is 20.5 Å². The Labute approximate surface area is 226 Å². The minimum absolute atomic E-state index is 0.0245. The number of hydrogen-bond donors (Lipinski definition) is 4. The Kier molecular flexibility index (Phi) is 10.0. The van der Waals surface area contributed by atoms with Gasteiger partial charge in [0.25, 0.3) is 18.2 Å². The fourth-order valence-corrected chi connectivity index (χ4v) is 4.32. The molecule has 0 saturated carbocycles. The molecule has 1 fully saturated rings. The predicted molar refractivity (Wildman–Crippen MR) is 131 cm³/mol. The molecule has 39 heavy (non-hydrogen) atoms. The number of benzene rings is 1. The number of hydrogen-bond acceptors (Lipinski definition) is 6. The van der Waals surface area contributed by atoms with Crippen molar-refractivity contribution in [2.75, 3.05) is 43.1 Å². The van der Waals surface area contributed by atoms with Crippen molar-refractivity contribution in [3.05, 3.63) is 45.1 Å². The van der Waals surface area contributed by atoms with E-state index in [1.165, 1.54) is 18.2 Å². The van der Waals surface area contributed by atoms with Crippen LogP contribution in [0.15, 0.2) is 30.3 Å². The summed E-state index contributed by atoms with van der Waals surface area (Å²) < 4.78 is 71.8. The van der Waals surface area contributed by atoms with Crippen molar-refractivity contribution in [2.24, 2.45) is 0 Å². The number of carbonyl (C=O) groups is 4. The van der Waals surface area contributed by atoms with E-state index >= 15 is 0 Å². The lowest BCUT2D eigenvalue weighted by Crippen LogP contribution is -2.53. The van der Waals surface area contributed by atoms with Gasteiger partial charge in [0.15, 0.2) is 0 Å². The molecule has 1 atom stereocenters. The van der Waals surface area contributed by atoms with E-state index < -0.39 is 66.7 Å². The van der Waals surface area contributed by atoms with Crippen molar-refractivity contribution in [1.82, 2.24) is 16.0 Å². The zero-order chi connectivity index (χ0) is 28.7. The maximum Gasteiger partial charge on any atom is 0.418 e. The van der Waals surface area contributed by atoms with Gasteiger partial charge in [0.05, 0.1) is 33.6 Å². The summed E-state index contributed by atoms with van der Waals surface area (Å²) in [5, 5.41) is 8.24. The summed E-state index contributed by atoms with van der Waals surface area (Å²) in [5.74, 6) is -2.43. The van der Waals surface area contributed by atoms with E-state index in [-0.39, 0.29) is 30.3 Å². The van der Waals surface area contributed by atoms with Crippen LogP contribution in [0.25, 0.3) is 0 Å². The van der Waals surface area contributed by atoms with Gasteiger partial charge in [-0.1, -0.05) is 11.6 Å². The van der Waals surface area contributed by atoms with Crippen LogP contribution in [0.4, 0.5) is 38.1 Å². The molecule has 0 spiro atoms. The molecule has 1 aromatic heterocycles. The van der Waals surface area contributed by atoms with Gasteiger partial charge in [0, 0.05) is 18.8 Å². The van der Waals surface area contributed by atoms with Crippen molar-refractivity contribution < 1.29 is 45.9 Å². The highest BCUT2D eigenvalue weighted by atomic mass is 35.5. The lowest BCUT2D eigenvalue weighted by Gasteiger charge is -2.28. The number of ether oxygens (including phenoxy) is 1. The first-order valence-electron chi connectivity index (χ1n) is 11.1. The van der Waals surface area contributed by atoms with Crippen LogP contribution in [0.5, 0.6) is 0 Å². The van der Waals surface area contributed by atoms with E-state index in [0.29, 0.717) is 10.4 Å². The van der Waals surface area contributed by atoms with Crippen LogP contribution >= 0.6 is 22.9 Å². The van der Waals surface area contributed by atoms with Gasteiger partial charge >= 0.3 is 12.2 Å². The molecule has 2 aromatic rings. The van der Waals surface area contributed by atoms with Crippen LogP contribution in [-0.4, -0.2) is 69.1 Å².